The fourth-order valence-corrected chi connectivity index (χ4v) is 3.21. The van der Waals surface area contributed by atoms with Crippen LogP contribution in [0.4, 0.5) is 0 Å². The van der Waals surface area contributed by atoms with Crippen molar-refractivity contribution >= 4 is 22.7 Å². The number of thiophene rings is 2. The van der Waals surface area contributed by atoms with Gasteiger partial charge in [0.15, 0.2) is 0 Å². The van der Waals surface area contributed by atoms with Gasteiger partial charge in [0.2, 0.25) is 0 Å². The van der Waals surface area contributed by atoms with E-state index in [1.165, 1.54) is 22.6 Å². The zero-order valence-corrected chi connectivity index (χ0v) is 10.8. The molecule has 1 aromatic carbocycles. The maximum absolute atomic E-state index is 2.21. The van der Waals surface area contributed by atoms with E-state index in [1.54, 1.807) is 22.7 Å². The Hall–Kier alpha value is -1.38. The zero-order chi connectivity index (χ0) is 11.5. The van der Waals surface area contributed by atoms with Gasteiger partial charge in [-0.25, -0.2) is 0 Å². The lowest BCUT2D eigenvalue weighted by Crippen LogP contribution is -2.01. The van der Waals surface area contributed by atoms with Gasteiger partial charge < -0.3 is 0 Å². The monoisotopic (exact) mass is 255 g/mol. The second-order valence-electron chi connectivity index (χ2n) is 3.77. The van der Waals surface area contributed by atoms with Gasteiger partial charge in [-0.15, -0.1) is 0 Å². The summed E-state index contributed by atoms with van der Waals surface area (Å²) in [6.07, 6.45) is 0. The van der Waals surface area contributed by atoms with Crippen LogP contribution in [-0.4, -0.2) is 0 Å². The van der Waals surface area contributed by atoms with Crippen molar-refractivity contribution in [2.45, 2.75) is 0 Å². The van der Waals surface area contributed by atoms with Crippen molar-refractivity contribution in [3.8, 4) is 0 Å². The quantitative estimate of drug-likeness (QED) is 0.629. The van der Waals surface area contributed by atoms with E-state index in [-0.39, 0.29) is 0 Å². The number of rotatable bonds is 3. The van der Waals surface area contributed by atoms with Crippen LogP contribution in [0.1, 0.15) is 16.7 Å². The van der Waals surface area contributed by atoms with Gasteiger partial charge in [0, 0.05) is 0 Å². The molecule has 0 atom stereocenters. The molecule has 0 aliphatic carbocycles. The number of benzene rings is 1. The molecular weight excluding hydrogens is 244 g/mol. The molecule has 3 rings (SSSR count). The Kier molecular flexibility index (Phi) is 3.08. The zero-order valence-electron chi connectivity index (χ0n) is 9.17. The molecule has 2 aromatic heterocycles. The van der Waals surface area contributed by atoms with Crippen molar-refractivity contribution in [2.24, 2.45) is 0 Å². The van der Waals surface area contributed by atoms with E-state index < -0.39 is 0 Å². The van der Waals surface area contributed by atoms with Gasteiger partial charge >= 0.3 is 0 Å². The molecule has 0 saturated heterocycles. The standard InChI is InChI=1S/C15H11S2/c1-2-4-12(5-3-1)15(13-6-8-16-10-13)14-7-9-17-11-14/h1-11H. The lowest BCUT2D eigenvalue weighted by Gasteiger charge is -2.14. The first kappa shape index (κ1) is 10.8. The predicted molar refractivity (Wildman–Crippen MR) is 75.6 cm³/mol. The third kappa shape index (κ3) is 2.19. The Labute approximate surface area is 109 Å². The van der Waals surface area contributed by atoms with Gasteiger partial charge in [-0.3, -0.25) is 0 Å². The lowest BCUT2D eigenvalue weighted by molar-refractivity contribution is 1.26. The van der Waals surface area contributed by atoms with Crippen LogP contribution in [0.2, 0.25) is 0 Å². The highest BCUT2D eigenvalue weighted by Gasteiger charge is 2.17. The molecule has 0 spiro atoms. The van der Waals surface area contributed by atoms with Crippen LogP contribution >= 0.6 is 22.7 Å². The molecule has 0 aliphatic heterocycles. The summed E-state index contributed by atoms with van der Waals surface area (Å²) in [5.41, 5.74) is 3.89. The minimum atomic E-state index is 1.28. The largest absolute Gasteiger partial charge is 0.152 e. The summed E-state index contributed by atoms with van der Waals surface area (Å²) in [6, 6.07) is 15.0. The van der Waals surface area contributed by atoms with Crippen molar-refractivity contribution in [2.75, 3.05) is 0 Å². The molecule has 0 fully saturated rings. The normalized spacial score (nSPS) is 10.9. The van der Waals surface area contributed by atoms with Crippen LogP contribution in [-0.2, 0) is 0 Å². The number of hydrogen-bond donors (Lipinski definition) is 0. The van der Waals surface area contributed by atoms with Gasteiger partial charge in [0.1, 0.15) is 0 Å². The fourth-order valence-electron chi connectivity index (χ4n) is 1.92. The van der Waals surface area contributed by atoms with Crippen molar-refractivity contribution in [3.05, 3.63) is 86.6 Å². The molecule has 0 unspecified atom stereocenters. The van der Waals surface area contributed by atoms with Gasteiger partial charge in [-0.2, -0.15) is 22.7 Å². The molecule has 2 heteroatoms. The first-order chi connectivity index (χ1) is 8.45. The first-order valence-electron chi connectivity index (χ1n) is 5.42. The lowest BCUT2D eigenvalue weighted by atomic mass is 9.88. The highest BCUT2D eigenvalue weighted by Crippen LogP contribution is 2.32. The average Bonchev–Trinajstić information content (AvgIpc) is 3.04. The Morgan fingerprint density at radius 2 is 1.24 bits per heavy atom. The molecule has 1 radical (unpaired) electrons. The highest BCUT2D eigenvalue weighted by molar-refractivity contribution is 7.08. The summed E-state index contributed by atoms with van der Waals surface area (Å²) in [5, 5.41) is 8.68. The molecule has 3 aromatic rings. The van der Waals surface area contributed by atoms with Crippen molar-refractivity contribution in [3.63, 3.8) is 0 Å². The molecule has 0 N–H and O–H groups in total. The van der Waals surface area contributed by atoms with E-state index in [9.17, 15) is 0 Å². The van der Waals surface area contributed by atoms with E-state index in [0.29, 0.717) is 0 Å². The summed E-state index contributed by atoms with van der Waals surface area (Å²) in [7, 11) is 0. The second-order valence-corrected chi connectivity index (χ2v) is 5.33. The molecule has 2 heterocycles. The first-order valence-corrected chi connectivity index (χ1v) is 7.31. The summed E-state index contributed by atoms with van der Waals surface area (Å²) in [4.78, 5) is 0. The SMILES string of the molecule is c1ccc([C](c2ccsc2)c2ccsc2)cc1. The summed E-state index contributed by atoms with van der Waals surface area (Å²) in [6.45, 7) is 0. The van der Waals surface area contributed by atoms with Crippen molar-refractivity contribution in [1.82, 2.24) is 0 Å². The van der Waals surface area contributed by atoms with E-state index in [2.05, 4.69) is 64.0 Å². The molecule has 0 aliphatic rings. The third-order valence-corrected chi connectivity index (χ3v) is 4.05. The van der Waals surface area contributed by atoms with Gasteiger partial charge in [0.25, 0.3) is 0 Å². The Morgan fingerprint density at radius 3 is 1.71 bits per heavy atom. The highest BCUT2D eigenvalue weighted by atomic mass is 32.1. The summed E-state index contributed by atoms with van der Waals surface area (Å²) >= 11 is 3.48. The summed E-state index contributed by atoms with van der Waals surface area (Å²) < 4.78 is 0. The summed E-state index contributed by atoms with van der Waals surface area (Å²) in [5.74, 6) is 1.33. The molecule has 0 saturated carbocycles. The van der Waals surface area contributed by atoms with Crippen molar-refractivity contribution < 1.29 is 0 Å². The van der Waals surface area contributed by atoms with Crippen LogP contribution < -0.4 is 0 Å². The molecule has 83 valence electrons. The van der Waals surface area contributed by atoms with E-state index >= 15 is 0 Å². The van der Waals surface area contributed by atoms with Crippen LogP contribution in [0, 0.1) is 5.92 Å². The molecule has 0 bridgehead atoms. The van der Waals surface area contributed by atoms with E-state index in [4.69, 9.17) is 0 Å². The van der Waals surface area contributed by atoms with Crippen LogP contribution in [0.5, 0.6) is 0 Å². The smallest absolute Gasteiger partial charge is 0.0646 e. The van der Waals surface area contributed by atoms with E-state index in [1.807, 2.05) is 0 Å². The van der Waals surface area contributed by atoms with Crippen molar-refractivity contribution in [1.29, 1.82) is 0 Å². The second kappa shape index (κ2) is 4.86. The van der Waals surface area contributed by atoms with Crippen LogP contribution in [0.15, 0.2) is 64.0 Å². The molecule has 17 heavy (non-hydrogen) atoms. The third-order valence-electron chi connectivity index (χ3n) is 2.68. The Morgan fingerprint density at radius 1 is 0.647 bits per heavy atom. The maximum Gasteiger partial charge on any atom is 0.0646 e. The Balaban J connectivity index is 2.10. The van der Waals surface area contributed by atoms with Crippen LogP contribution in [0.3, 0.4) is 0 Å². The molecule has 0 amide bonds. The van der Waals surface area contributed by atoms with E-state index in [0.717, 1.165) is 0 Å². The fraction of sp³-hybridized carbons (Fsp3) is 0. The maximum atomic E-state index is 2.21. The molecular formula is C15H11S2. The van der Waals surface area contributed by atoms with Gasteiger partial charge in [-0.1, -0.05) is 30.3 Å². The van der Waals surface area contributed by atoms with Gasteiger partial charge in [0.05, 0.1) is 5.92 Å². The Bertz CT molecular complexity index is 516. The number of hydrogen-bond acceptors (Lipinski definition) is 2. The topological polar surface area (TPSA) is 0 Å². The molecule has 0 nitrogen and oxygen atoms in total. The average molecular weight is 255 g/mol. The van der Waals surface area contributed by atoms with Crippen LogP contribution in [0.25, 0.3) is 0 Å². The minimum Gasteiger partial charge on any atom is -0.152 e. The minimum absolute atomic E-state index is 1.28. The predicted octanol–water partition coefficient (Wildman–Crippen LogP) is 4.83. The van der Waals surface area contributed by atoms with Gasteiger partial charge in [-0.05, 0) is 50.3 Å².